The van der Waals surface area contributed by atoms with Gasteiger partial charge in [0.2, 0.25) is 4.90 Å². The van der Waals surface area contributed by atoms with Gasteiger partial charge in [-0.15, -0.1) is 4.72 Å². The number of sulfonamides is 1. The van der Waals surface area contributed by atoms with Crippen LogP contribution in [0.4, 0.5) is 0 Å². The quantitative estimate of drug-likeness (QED) is 0.778. The number of para-hydroxylation sites is 2. The number of fused-ring (bicyclic) bond motifs is 1. The number of rotatable bonds is 2. The lowest BCUT2D eigenvalue weighted by Gasteiger charge is -2.40. The first-order chi connectivity index (χ1) is 13.4. The maximum absolute atomic E-state index is 12.9. The molecule has 1 saturated heterocycles. The maximum atomic E-state index is 12.9. The van der Waals surface area contributed by atoms with E-state index < -0.39 is 15.9 Å². The highest BCUT2D eigenvalue weighted by Crippen LogP contribution is 2.35. The molecule has 2 aromatic carbocycles. The highest BCUT2D eigenvalue weighted by atomic mass is 32.3. The molecule has 7 nitrogen and oxygen atoms in total. The van der Waals surface area contributed by atoms with Crippen molar-refractivity contribution < 1.29 is 23.0 Å². The fourth-order valence-electron chi connectivity index (χ4n) is 3.75. The van der Waals surface area contributed by atoms with E-state index >= 15 is 0 Å². The summed E-state index contributed by atoms with van der Waals surface area (Å²) in [6, 6.07) is 13.7. The van der Waals surface area contributed by atoms with Gasteiger partial charge in [0.25, 0.3) is 5.91 Å². The van der Waals surface area contributed by atoms with Crippen LogP contribution in [0.1, 0.15) is 23.2 Å². The molecule has 1 fully saturated rings. The van der Waals surface area contributed by atoms with Crippen LogP contribution in [0.5, 0.6) is 11.5 Å². The van der Waals surface area contributed by atoms with E-state index in [-0.39, 0.29) is 17.4 Å². The van der Waals surface area contributed by atoms with Crippen LogP contribution >= 0.6 is 0 Å². The zero-order valence-electron chi connectivity index (χ0n) is 15.6. The lowest BCUT2D eigenvalue weighted by atomic mass is 9.89. The van der Waals surface area contributed by atoms with Crippen molar-refractivity contribution in [3.05, 3.63) is 54.1 Å². The molecule has 2 aromatic rings. The van der Waals surface area contributed by atoms with Crippen molar-refractivity contribution in [3.8, 4) is 11.5 Å². The van der Waals surface area contributed by atoms with Crippen LogP contribution in [-0.2, 0) is 14.6 Å². The van der Waals surface area contributed by atoms with Gasteiger partial charge in [-0.3, -0.25) is 4.79 Å². The van der Waals surface area contributed by atoms with Crippen LogP contribution in [0.2, 0.25) is 0 Å². The van der Waals surface area contributed by atoms with Crippen molar-refractivity contribution in [3.63, 3.8) is 0 Å². The number of carbonyl (C=O) groups excluding carboxylic acids is 1. The number of methoxy groups -OCH3 is 1. The Morgan fingerprint density at radius 2 is 1.86 bits per heavy atom. The van der Waals surface area contributed by atoms with E-state index in [0.717, 1.165) is 0 Å². The summed E-state index contributed by atoms with van der Waals surface area (Å²) >= 11 is 0. The first-order valence-corrected chi connectivity index (χ1v) is 10.6. The summed E-state index contributed by atoms with van der Waals surface area (Å²) in [4.78, 5) is 14.8. The van der Waals surface area contributed by atoms with Crippen LogP contribution in [0, 0.1) is 0 Å². The largest absolute Gasteiger partial charge is 0.593 e. The minimum atomic E-state index is -3.69. The lowest BCUT2D eigenvalue weighted by molar-refractivity contribution is 0.0601. The van der Waals surface area contributed by atoms with Crippen LogP contribution in [-0.4, -0.2) is 47.7 Å². The van der Waals surface area contributed by atoms with Crippen LogP contribution in [0.25, 0.3) is 0 Å². The molecule has 1 unspecified atom stereocenters. The molecule has 0 bridgehead atoms. The number of hydrogen-bond acceptors (Lipinski definition) is 5. The number of nitrogens with zero attached hydrogens (tertiary/aromatic N) is 1. The fraction of sp³-hybridized carbons (Fsp3) is 0.350. The molecular formula is C20H22N2O5S. The summed E-state index contributed by atoms with van der Waals surface area (Å²) in [6.07, 6.45) is 0.947. The van der Waals surface area contributed by atoms with Gasteiger partial charge in [0.05, 0.1) is 12.7 Å². The van der Waals surface area contributed by atoms with Crippen molar-refractivity contribution in [2.24, 2.45) is 0 Å². The summed E-state index contributed by atoms with van der Waals surface area (Å²) in [5, 5.41) is 0. The molecule has 2 heterocycles. The predicted octanol–water partition coefficient (Wildman–Crippen LogP) is 2.26. The Kier molecular flexibility index (Phi) is 4.86. The number of hydrogen-bond donors (Lipinski definition) is 1. The molecule has 0 saturated carbocycles. The van der Waals surface area contributed by atoms with Gasteiger partial charge in [0.15, 0.2) is 16.1 Å². The van der Waals surface area contributed by atoms with Crippen molar-refractivity contribution in [1.29, 1.82) is 0 Å². The lowest BCUT2D eigenvalue weighted by Crippen LogP contribution is -2.59. The Balaban J connectivity index is 1.51. The molecule has 2 aliphatic heterocycles. The molecule has 1 atom stereocenters. The third-order valence-corrected chi connectivity index (χ3v) is 6.96. The van der Waals surface area contributed by atoms with E-state index in [9.17, 15) is 13.6 Å². The summed E-state index contributed by atoms with van der Waals surface area (Å²) in [7, 11) is -2.15. The van der Waals surface area contributed by atoms with Crippen LogP contribution < -0.4 is 14.2 Å². The van der Waals surface area contributed by atoms with Crippen LogP contribution in [0.15, 0.2) is 53.4 Å². The topological polar surface area (TPSA) is 90.9 Å². The van der Waals surface area contributed by atoms with Gasteiger partial charge in [0, 0.05) is 13.1 Å². The smallest absolute Gasteiger partial charge is 0.257 e. The maximum Gasteiger partial charge on any atom is 0.257 e. The van der Waals surface area contributed by atoms with Crippen molar-refractivity contribution in [2.75, 3.05) is 26.8 Å². The Morgan fingerprint density at radius 1 is 1.18 bits per heavy atom. The van der Waals surface area contributed by atoms with Crippen LogP contribution in [0.3, 0.4) is 0 Å². The Labute approximate surface area is 165 Å². The van der Waals surface area contributed by atoms with E-state index in [1.54, 1.807) is 41.3 Å². The van der Waals surface area contributed by atoms with E-state index in [0.29, 0.717) is 43.0 Å². The number of benzene rings is 2. The van der Waals surface area contributed by atoms with E-state index in [4.69, 9.17) is 9.47 Å². The molecular weight excluding hydrogens is 380 g/mol. The third kappa shape index (κ3) is 3.39. The van der Waals surface area contributed by atoms with Gasteiger partial charge in [-0.25, -0.2) is 0 Å². The number of carbonyl (C=O) groups is 1. The van der Waals surface area contributed by atoms with Gasteiger partial charge in [0.1, 0.15) is 17.9 Å². The number of likely N-dealkylation sites (tertiary alicyclic amines) is 1. The molecule has 1 N–H and O–H groups in total. The highest BCUT2D eigenvalue weighted by Gasteiger charge is 2.46. The molecule has 0 radical (unpaired) electrons. The van der Waals surface area contributed by atoms with Crippen molar-refractivity contribution >= 4 is 16.3 Å². The molecule has 148 valence electrons. The number of nitrogens with one attached hydrogen (secondary N) is 1. The molecule has 8 heteroatoms. The third-order valence-electron chi connectivity index (χ3n) is 5.34. The Morgan fingerprint density at radius 3 is 2.61 bits per heavy atom. The van der Waals surface area contributed by atoms with Gasteiger partial charge < -0.3 is 18.9 Å². The average molecular weight is 402 g/mol. The van der Waals surface area contributed by atoms with E-state index in [1.807, 2.05) is 6.07 Å². The molecule has 0 aromatic heterocycles. The molecule has 4 rings (SSSR count). The Bertz CT molecular complexity index is 940. The zero-order valence-corrected chi connectivity index (χ0v) is 16.4. The van der Waals surface area contributed by atoms with Gasteiger partial charge in [-0.2, -0.15) is 0 Å². The first-order valence-electron chi connectivity index (χ1n) is 9.12. The SMILES string of the molecule is COc1ccccc1C(=O)N1CCC2(CC1)COc1ccccc1[S+](=O)([O-])N2. The summed E-state index contributed by atoms with van der Waals surface area (Å²) in [6.45, 7) is 1.10. The van der Waals surface area contributed by atoms with Crippen molar-refractivity contribution in [1.82, 2.24) is 9.62 Å². The zero-order chi connectivity index (χ0) is 19.8. The van der Waals surface area contributed by atoms with E-state index in [1.165, 1.54) is 13.2 Å². The standard InChI is InChI=1S/C20H22N2O5S/c1-26-16-7-3-2-6-15(16)19(23)22-12-10-20(11-13-22)14-27-17-8-4-5-9-18(17)28(24,25)21-20/h2-9H,10-14H2,1H3,(H-,21,24,25). The fourth-order valence-corrected chi connectivity index (χ4v) is 5.35. The predicted molar refractivity (Wildman–Crippen MR) is 103 cm³/mol. The summed E-state index contributed by atoms with van der Waals surface area (Å²) < 4.78 is 39.5. The molecule has 1 spiro atoms. The average Bonchev–Trinajstić information content (AvgIpc) is 2.82. The monoisotopic (exact) mass is 402 g/mol. The Hall–Kier alpha value is -2.42. The number of piperidine rings is 1. The normalized spacial score (nSPS) is 23.4. The number of amides is 1. The minimum absolute atomic E-state index is 0.118. The molecule has 1 amide bonds. The molecule has 2 aliphatic rings. The second-order valence-corrected chi connectivity index (χ2v) is 8.76. The second kappa shape index (κ2) is 7.20. The highest BCUT2D eigenvalue weighted by molar-refractivity contribution is 7.96. The molecule has 28 heavy (non-hydrogen) atoms. The van der Waals surface area contributed by atoms with Gasteiger partial charge >= 0.3 is 0 Å². The second-order valence-electron chi connectivity index (χ2n) is 7.11. The molecule has 0 aliphatic carbocycles. The van der Waals surface area contributed by atoms with Crippen molar-refractivity contribution in [2.45, 2.75) is 23.3 Å². The minimum Gasteiger partial charge on any atom is -0.593 e. The van der Waals surface area contributed by atoms with E-state index in [2.05, 4.69) is 4.72 Å². The van der Waals surface area contributed by atoms with Gasteiger partial charge in [-0.1, -0.05) is 28.5 Å². The summed E-state index contributed by atoms with van der Waals surface area (Å²) in [5.41, 5.74) is -0.221. The van der Waals surface area contributed by atoms with Gasteiger partial charge in [-0.05, 0) is 37.1 Å². The first kappa shape index (κ1) is 18.9. The summed E-state index contributed by atoms with van der Waals surface area (Å²) in [5.74, 6) is 0.772. The number of ether oxygens (including phenoxy) is 2.